The maximum absolute atomic E-state index is 12.2. The maximum atomic E-state index is 12.2. The topological polar surface area (TPSA) is 72.2 Å². The molecule has 1 amide bonds. The third-order valence-corrected chi connectivity index (χ3v) is 4.73. The summed E-state index contributed by atoms with van der Waals surface area (Å²) in [5, 5.41) is 11.7. The molecule has 0 aliphatic carbocycles. The van der Waals surface area contributed by atoms with E-state index < -0.39 is 0 Å². The number of fused-ring (bicyclic) bond motifs is 3. The summed E-state index contributed by atoms with van der Waals surface area (Å²) < 4.78 is 1.89. The van der Waals surface area contributed by atoms with E-state index in [4.69, 9.17) is 0 Å². The Morgan fingerprint density at radius 1 is 1.16 bits per heavy atom. The minimum atomic E-state index is -0.0820. The number of nitrogens with zero attached hydrogens (tertiary/aromatic N) is 4. The molecule has 25 heavy (non-hydrogen) atoms. The van der Waals surface area contributed by atoms with Crippen molar-refractivity contribution in [2.24, 2.45) is 0 Å². The van der Waals surface area contributed by atoms with Gasteiger partial charge in [0.15, 0.2) is 5.65 Å². The van der Waals surface area contributed by atoms with Gasteiger partial charge in [0.2, 0.25) is 5.91 Å². The first-order valence-electron chi connectivity index (χ1n) is 7.78. The van der Waals surface area contributed by atoms with Gasteiger partial charge in [0, 0.05) is 5.69 Å². The molecule has 2 heterocycles. The molecule has 0 radical (unpaired) electrons. The van der Waals surface area contributed by atoms with E-state index in [9.17, 15) is 4.79 Å². The molecule has 0 bridgehead atoms. The van der Waals surface area contributed by atoms with Crippen LogP contribution >= 0.6 is 11.8 Å². The van der Waals surface area contributed by atoms with Crippen LogP contribution in [0, 0.1) is 6.92 Å². The van der Waals surface area contributed by atoms with E-state index >= 15 is 0 Å². The van der Waals surface area contributed by atoms with Crippen LogP contribution in [-0.2, 0) is 4.79 Å². The second-order valence-corrected chi connectivity index (χ2v) is 6.60. The van der Waals surface area contributed by atoms with Crippen LogP contribution in [0.3, 0.4) is 0 Å². The fraction of sp³-hybridized carbons (Fsp3) is 0.111. The number of aryl methyl sites for hydroxylation is 1. The zero-order valence-corrected chi connectivity index (χ0v) is 14.3. The van der Waals surface area contributed by atoms with Crippen molar-refractivity contribution in [3.05, 3.63) is 60.4 Å². The number of para-hydroxylation sites is 2. The molecule has 0 fully saturated rings. The third kappa shape index (κ3) is 3.18. The predicted octanol–water partition coefficient (Wildman–Crippen LogP) is 3.32. The smallest absolute Gasteiger partial charge is 0.234 e. The average Bonchev–Trinajstić information content (AvgIpc) is 3.12. The van der Waals surface area contributed by atoms with Gasteiger partial charge in [0.25, 0.3) is 0 Å². The van der Waals surface area contributed by atoms with Crippen molar-refractivity contribution in [3.8, 4) is 0 Å². The maximum Gasteiger partial charge on any atom is 0.234 e. The first kappa shape index (κ1) is 15.6. The third-order valence-electron chi connectivity index (χ3n) is 3.78. The quantitative estimate of drug-likeness (QED) is 0.572. The molecule has 6 nitrogen and oxygen atoms in total. The fourth-order valence-corrected chi connectivity index (χ4v) is 3.31. The Kier molecular flexibility index (Phi) is 4.07. The second kappa shape index (κ2) is 6.52. The zero-order chi connectivity index (χ0) is 17.2. The fourth-order valence-electron chi connectivity index (χ4n) is 2.54. The lowest BCUT2D eigenvalue weighted by atomic mass is 10.2. The second-order valence-electron chi connectivity index (χ2n) is 5.63. The summed E-state index contributed by atoms with van der Waals surface area (Å²) in [6, 6.07) is 15.5. The van der Waals surface area contributed by atoms with Gasteiger partial charge in [-0.15, -0.1) is 10.2 Å². The molecule has 0 atom stereocenters. The zero-order valence-electron chi connectivity index (χ0n) is 13.5. The van der Waals surface area contributed by atoms with E-state index in [2.05, 4.69) is 20.5 Å². The van der Waals surface area contributed by atoms with Crippen LogP contribution in [-0.4, -0.2) is 31.2 Å². The normalized spacial score (nSPS) is 11.1. The Hall–Kier alpha value is -2.93. The number of rotatable bonds is 4. The molecule has 2 aromatic heterocycles. The van der Waals surface area contributed by atoms with Crippen LogP contribution in [0.5, 0.6) is 0 Å². The van der Waals surface area contributed by atoms with Gasteiger partial charge in [-0.1, -0.05) is 41.6 Å². The van der Waals surface area contributed by atoms with Crippen LogP contribution in [0.25, 0.3) is 16.7 Å². The van der Waals surface area contributed by atoms with E-state index in [1.54, 1.807) is 6.33 Å². The van der Waals surface area contributed by atoms with E-state index in [1.165, 1.54) is 11.8 Å². The van der Waals surface area contributed by atoms with Crippen LogP contribution in [0.2, 0.25) is 0 Å². The molecule has 124 valence electrons. The number of amides is 1. The van der Waals surface area contributed by atoms with Gasteiger partial charge in [-0.2, -0.15) is 0 Å². The number of benzene rings is 2. The summed E-state index contributed by atoms with van der Waals surface area (Å²) in [6.07, 6.45) is 1.66. The number of carbonyl (C=O) groups is 1. The largest absolute Gasteiger partial charge is 0.325 e. The van der Waals surface area contributed by atoms with Crippen LogP contribution in [0.15, 0.2) is 59.9 Å². The van der Waals surface area contributed by atoms with Gasteiger partial charge in [0.05, 0.1) is 16.8 Å². The number of nitrogens with one attached hydrogen (secondary N) is 1. The van der Waals surface area contributed by atoms with Gasteiger partial charge < -0.3 is 5.32 Å². The van der Waals surface area contributed by atoms with Gasteiger partial charge in [-0.25, -0.2) is 4.98 Å². The Morgan fingerprint density at radius 3 is 2.80 bits per heavy atom. The summed E-state index contributed by atoms with van der Waals surface area (Å²) >= 11 is 1.35. The van der Waals surface area contributed by atoms with Gasteiger partial charge >= 0.3 is 0 Å². The average molecular weight is 349 g/mol. The molecule has 0 saturated heterocycles. The molecule has 0 saturated carbocycles. The van der Waals surface area contributed by atoms with E-state index in [0.717, 1.165) is 22.3 Å². The molecule has 4 aromatic rings. The van der Waals surface area contributed by atoms with Gasteiger partial charge in [-0.05, 0) is 31.2 Å². The Morgan fingerprint density at radius 2 is 1.96 bits per heavy atom. The van der Waals surface area contributed by atoms with Crippen LogP contribution in [0.4, 0.5) is 5.69 Å². The monoisotopic (exact) mass is 349 g/mol. The van der Waals surface area contributed by atoms with E-state index in [0.29, 0.717) is 10.7 Å². The van der Waals surface area contributed by atoms with Crippen molar-refractivity contribution in [1.82, 2.24) is 19.6 Å². The molecule has 0 unspecified atom stereocenters. The highest BCUT2D eigenvalue weighted by Gasteiger charge is 2.12. The van der Waals surface area contributed by atoms with Crippen molar-refractivity contribution < 1.29 is 4.79 Å². The molecule has 2 aromatic carbocycles. The number of hydrogen-bond donors (Lipinski definition) is 1. The van der Waals surface area contributed by atoms with E-state index in [1.807, 2.05) is 59.9 Å². The van der Waals surface area contributed by atoms with Gasteiger partial charge in [0.1, 0.15) is 11.4 Å². The summed E-state index contributed by atoms with van der Waals surface area (Å²) in [6.45, 7) is 2.01. The van der Waals surface area contributed by atoms with Crippen molar-refractivity contribution in [3.63, 3.8) is 0 Å². The number of carbonyl (C=O) groups excluding carboxylic acids is 1. The lowest BCUT2D eigenvalue weighted by molar-refractivity contribution is -0.113. The Labute approximate surface area is 148 Å². The first-order chi connectivity index (χ1) is 12.2. The highest BCUT2D eigenvalue weighted by atomic mass is 32.2. The number of thioether (sulfide) groups is 1. The van der Waals surface area contributed by atoms with Crippen LogP contribution in [0.1, 0.15) is 5.56 Å². The first-order valence-corrected chi connectivity index (χ1v) is 8.77. The molecule has 0 aliphatic rings. The number of aromatic nitrogens is 4. The molecule has 1 N–H and O–H groups in total. The van der Waals surface area contributed by atoms with Gasteiger partial charge in [-0.3, -0.25) is 9.20 Å². The standard InChI is InChI=1S/C18H15N5OS/c1-12-6-8-13(9-7-12)20-16(24)10-25-18-17-22-19-11-23(17)15-5-3-2-4-14(15)21-18/h2-9,11H,10H2,1H3,(H,20,24). The predicted molar refractivity (Wildman–Crippen MR) is 98.8 cm³/mol. The van der Waals surface area contributed by atoms with Crippen molar-refractivity contribution in [2.75, 3.05) is 11.1 Å². The van der Waals surface area contributed by atoms with E-state index in [-0.39, 0.29) is 11.7 Å². The lowest BCUT2D eigenvalue weighted by Gasteiger charge is -2.07. The highest BCUT2D eigenvalue weighted by Crippen LogP contribution is 2.24. The highest BCUT2D eigenvalue weighted by molar-refractivity contribution is 8.00. The SMILES string of the molecule is Cc1ccc(NC(=O)CSc2nc3ccccc3n3cnnc23)cc1. The number of anilines is 1. The van der Waals surface area contributed by atoms with Crippen molar-refractivity contribution in [1.29, 1.82) is 0 Å². The minimum Gasteiger partial charge on any atom is -0.325 e. The summed E-state index contributed by atoms with van der Waals surface area (Å²) in [5.41, 5.74) is 4.39. The lowest BCUT2D eigenvalue weighted by Crippen LogP contribution is -2.14. The molecule has 0 aliphatic heterocycles. The molecule has 4 rings (SSSR count). The van der Waals surface area contributed by atoms with Crippen LogP contribution < -0.4 is 5.32 Å². The Balaban J connectivity index is 1.54. The van der Waals surface area contributed by atoms with Crippen molar-refractivity contribution >= 4 is 40.0 Å². The number of hydrogen-bond acceptors (Lipinski definition) is 5. The molecular weight excluding hydrogens is 334 g/mol. The van der Waals surface area contributed by atoms with Crippen molar-refractivity contribution in [2.45, 2.75) is 11.9 Å². The summed E-state index contributed by atoms with van der Waals surface area (Å²) in [5.74, 6) is 0.170. The summed E-state index contributed by atoms with van der Waals surface area (Å²) in [4.78, 5) is 16.8. The Bertz CT molecular complexity index is 1060. The molecular formula is C18H15N5OS. The molecule has 7 heteroatoms. The summed E-state index contributed by atoms with van der Waals surface area (Å²) in [7, 11) is 0. The molecule has 0 spiro atoms. The minimum absolute atomic E-state index is 0.0820.